The topological polar surface area (TPSA) is 41.1 Å². The van der Waals surface area contributed by atoms with Crippen molar-refractivity contribution in [3.63, 3.8) is 0 Å². The first kappa shape index (κ1) is 13.4. The van der Waals surface area contributed by atoms with Crippen LogP contribution in [-0.4, -0.2) is 34.7 Å². The van der Waals surface area contributed by atoms with E-state index in [4.69, 9.17) is 0 Å². The first-order valence-electron chi connectivity index (χ1n) is 6.08. The molecule has 0 spiro atoms. The molecular weight excluding hydrogens is 220 g/mol. The van der Waals surface area contributed by atoms with Crippen LogP contribution in [0.4, 0.5) is 5.13 Å². The summed E-state index contributed by atoms with van der Waals surface area (Å²) >= 11 is 1.66. The van der Waals surface area contributed by atoms with Crippen molar-refractivity contribution < 1.29 is 0 Å². The summed E-state index contributed by atoms with van der Waals surface area (Å²) in [6.45, 7) is 10.6. The molecule has 1 heterocycles. The zero-order valence-corrected chi connectivity index (χ0v) is 11.3. The highest BCUT2D eigenvalue weighted by molar-refractivity contribution is 7.15. The zero-order valence-electron chi connectivity index (χ0n) is 10.5. The van der Waals surface area contributed by atoms with Gasteiger partial charge >= 0.3 is 0 Å². The highest BCUT2D eigenvalue weighted by atomic mass is 32.1. The van der Waals surface area contributed by atoms with Gasteiger partial charge in [-0.15, -0.1) is 10.2 Å². The second-order valence-corrected chi connectivity index (χ2v) is 4.87. The number of rotatable bonds is 8. The van der Waals surface area contributed by atoms with E-state index in [0.29, 0.717) is 0 Å². The normalized spacial score (nSPS) is 11.0. The van der Waals surface area contributed by atoms with Crippen LogP contribution in [0.1, 0.15) is 38.6 Å². The van der Waals surface area contributed by atoms with Gasteiger partial charge < -0.3 is 5.32 Å². The minimum absolute atomic E-state index is 0.905. The van der Waals surface area contributed by atoms with E-state index in [2.05, 4.69) is 41.2 Å². The third kappa shape index (κ3) is 4.45. The van der Waals surface area contributed by atoms with Gasteiger partial charge in [-0.3, -0.25) is 4.90 Å². The Kier molecular flexibility index (Phi) is 6.33. The lowest BCUT2D eigenvalue weighted by molar-refractivity contribution is 0.265. The first-order chi connectivity index (χ1) is 7.80. The van der Waals surface area contributed by atoms with Crippen molar-refractivity contribution in [2.24, 2.45) is 0 Å². The summed E-state index contributed by atoms with van der Waals surface area (Å²) in [6, 6.07) is 0. The second-order valence-electron chi connectivity index (χ2n) is 3.81. The Labute approximate surface area is 102 Å². The number of aromatic nitrogens is 2. The summed E-state index contributed by atoms with van der Waals surface area (Å²) < 4.78 is 0. The molecule has 0 saturated carbocycles. The van der Waals surface area contributed by atoms with Crippen molar-refractivity contribution >= 4 is 16.5 Å². The predicted molar refractivity (Wildman–Crippen MR) is 69.9 cm³/mol. The average molecular weight is 242 g/mol. The fourth-order valence-electron chi connectivity index (χ4n) is 1.63. The molecule has 1 aromatic heterocycles. The Bertz CT molecular complexity index is 281. The lowest BCUT2D eigenvalue weighted by atomic mass is 10.3. The minimum atomic E-state index is 0.905. The molecular formula is C11H22N4S. The number of nitrogens with zero attached hydrogens (tertiary/aromatic N) is 3. The Hall–Kier alpha value is -0.680. The molecule has 0 radical (unpaired) electrons. The van der Waals surface area contributed by atoms with Gasteiger partial charge in [0.15, 0.2) is 0 Å². The summed E-state index contributed by atoms with van der Waals surface area (Å²) in [5.74, 6) is 0. The maximum atomic E-state index is 4.20. The Morgan fingerprint density at radius 2 is 1.81 bits per heavy atom. The molecule has 1 aromatic rings. The van der Waals surface area contributed by atoms with E-state index in [1.165, 1.54) is 12.8 Å². The molecule has 0 aliphatic heterocycles. The first-order valence-corrected chi connectivity index (χ1v) is 6.90. The van der Waals surface area contributed by atoms with Gasteiger partial charge in [0.25, 0.3) is 0 Å². The van der Waals surface area contributed by atoms with E-state index in [0.717, 1.165) is 36.3 Å². The number of hydrogen-bond acceptors (Lipinski definition) is 5. The lowest BCUT2D eigenvalue weighted by Crippen LogP contribution is -2.24. The van der Waals surface area contributed by atoms with Gasteiger partial charge in [-0.2, -0.15) is 0 Å². The predicted octanol–water partition coefficient (Wildman–Crippen LogP) is 2.59. The Morgan fingerprint density at radius 3 is 2.38 bits per heavy atom. The largest absolute Gasteiger partial charge is 0.360 e. The van der Waals surface area contributed by atoms with Crippen LogP contribution in [-0.2, 0) is 6.54 Å². The highest BCUT2D eigenvalue weighted by Gasteiger charge is 2.08. The van der Waals surface area contributed by atoms with Crippen molar-refractivity contribution in [3.05, 3.63) is 5.01 Å². The van der Waals surface area contributed by atoms with E-state index in [-0.39, 0.29) is 0 Å². The lowest BCUT2D eigenvalue weighted by Gasteiger charge is -2.18. The van der Waals surface area contributed by atoms with Crippen LogP contribution in [0, 0.1) is 0 Å². The van der Waals surface area contributed by atoms with Crippen LogP contribution in [0.25, 0.3) is 0 Å². The molecule has 92 valence electrons. The zero-order chi connectivity index (χ0) is 11.8. The molecule has 0 atom stereocenters. The summed E-state index contributed by atoms with van der Waals surface area (Å²) in [7, 11) is 0. The number of nitrogens with one attached hydrogen (secondary N) is 1. The third-order valence-electron chi connectivity index (χ3n) is 2.23. The summed E-state index contributed by atoms with van der Waals surface area (Å²) in [4.78, 5) is 2.44. The van der Waals surface area contributed by atoms with E-state index in [1.54, 1.807) is 11.3 Å². The molecule has 5 heteroatoms. The van der Waals surface area contributed by atoms with Crippen molar-refractivity contribution in [1.29, 1.82) is 0 Å². The van der Waals surface area contributed by atoms with Gasteiger partial charge in [0.05, 0.1) is 6.54 Å². The molecule has 1 rings (SSSR count). The smallest absolute Gasteiger partial charge is 0.205 e. The third-order valence-corrected chi connectivity index (χ3v) is 3.10. The monoisotopic (exact) mass is 242 g/mol. The molecule has 0 aliphatic carbocycles. The van der Waals surface area contributed by atoms with Gasteiger partial charge in [-0.25, -0.2) is 0 Å². The van der Waals surface area contributed by atoms with Crippen LogP contribution < -0.4 is 5.32 Å². The summed E-state index contributed by atoms with van der Waals surface area (Å²) in [5, 5.41) is 13.5. The van der Waals surface area contributed by atoms with Crippen molar-refractivity contribution in [1.82, 2.24) is 15.1 Å². The SMILES string of the molecule is CCCN(CCC)Cc1nnc(NCC)s1. The number of hydrogen-bond donors (Lipinski definition) is 1. The average Bonchev–Trinajstić information content (AvgIpc) is 2.67. The molecule has 16 heavy (non-hydrogen) atoms. The van der Waals surface area contributed by atoms with Crippen LogP contribution in [0.5, 0.6) is 0 Å². The molecule has 1 N–H and O–H groups in total. The van der Waals surface area contributed by atoms with E-state index in [9.17, 15) is 0 Å². The standard InChI is InChI=1S/C11H22N4S/c1-4-7-15(8-5-2)9-10-13-14-11(16-10)12-6-3/h4-9H2,1-3H3,(H,12,14). The fourth-order valence-corrected chi connectivity index (χ4v) is 2.48. The van der Waals surface area contributed by atoms with Crippen molar-refractivity contribution in [2.45, 2.75) is 40.2 Å². The molecule has 0 aliphatic rings. The van der Waals surface area contributed by atoms with Gasteiger partial charge in [-0.05, 0) is 32.9 Å². The quantitative estimate of drug-likeness (QED) is 0.761. The maximum Gasteiger partial charge on any atom is 0.205 e. The van der Waals surface area contributed by atoms with E-state index >= 15 is 0 Å². The number of anilines is 1. The van der Waals surface area contributed by atoms with Gasteiger partial charge in [-0.1, -0.05) is 25.2 Å². The van der Waals surface area contributed by atoms with Gasteiger partial charge in [0.2, 0.25) is 5.13 Å². The molecule has 0 bridgehead atoms. The van der Waals surface area contributed by atoms with Gasteiger partial charge in [0.1, 0.15) is 5.01 Å². The molecule has 0 fully saturated rings. The van der Waals surface area contributed by atoms with Crippen molar-refractivity contribution in [3.8, 4) is 0 Å². The fraction of sp³-hybridized carbons (Fsp3) is 0.818. The minimum Gasteiger partial charge on any atom is -0.360 e. The second kappa shape index (κ2) is 7.57. The molecule has 0 amide bonds. The van der Waals surface area contributed by atoms with E-state index in [1.807, 2.05) is 0 Å². The molecule has 0 aromatic carbocycles. The van der Waals surface area contributed by atoms with Crippen molar-refractivity contribution in [2.75, 3.05) is 25.0 Å². The van der Waals surface area contributed by atoms with E-state index < -0.39 is 0 Å². The van der Waals surface area contributed by atoms with Crippen LogP contribution in [0.15, 0.2) is 0 Å². The van der Waals surface area contributed by atoms with Crippen LogP contribution in [0.3, 0.4) is 0 Å². The Morgan fingerprint density at radius 1 is 1.12 bits per heavy atom. The molecule has 0 saturated heterocycles. The highest BCUT2D eigenvalue weighted by Crippen LogP contribution is 2.16. The van der Waals surface area contributed by atoms with Crippen LogP contribution >= 0.6 is 11.3 Å². The van der Waals surface area contributed by atoms with Crippen LogP contribution in [0.2, 0.25) is 0 Å². The van der Waals surface area contributed by atoms with Gasteiger partial charge in [0, 0.05) is 6.54 Å². The molecule has 4 nitrogen and oxygen atoms in total. The Balaban J connectivity index is 2.48. The molecule has 0 unspecified atom stereocenters. The summed E-state index contributed by atoms with van der Waals surface area (Å²) in [6.07, 6.45) is 2.39. The summed E-state index contributed by atoms with van der Waals surface area (Å²) in [5.41, 5.74) is 0. The maximum absolute atomic E-state index is 4.20.